The number of benzene rings is 2. The van der Waals surface area contributed by atoms with Crippen LogP contribution in [-0.2, 0) is 10.5 Å². The monoisotopic (exact) mass is 444 g/mol. The molecule has 1 aromatic heterocycles. The molecule has 0 unspecified atom stereocenters. The molecule has 0 radical (unpaired) electrons. The summed E-state index contributed by atoms with van der Waals surface area (Å²) in [7, 11) is 0. The summed E-state index contributed by atoms with van der Waals surface area (Å²) in [6.45, 7) is 2.49. The third-order valence-corrected chi connectivity index (χ3v) is 6.79. The third kappa shape index (κ3) is 7.19. The van der Waals surface area contributed by atoms with Gasteiger partial charge in [0.05, 0.1) is 18.6 Å². The van der Waals surface area contributed by atoms with Gasteiger partial charge in [-0.1, -0.05) is 77.3 Å². The Balaban J connectivity index is 1.42. The summed E-state index contributed by atoms with van der Waals surface area (Å²) in [5, 5.41) is 12.3. The molecule has 0 aliphatic rings. The van der Waals surface area contributed by atoms with E-state index in [1.807, 2.05) is 49.4 Å². The minimum atomic E-state index is -0.200. The number of carbonyl (C=O) groups excluding carboxylic acids is 1. The lowest BCUT2D eigenvalue weighted by atomic mass is 10.2. The molecule has 6 nitrogen and oxygen atoms in total. The van der Waals surface area contributed by atoms with E-state index in [0.29, 0.717) is 6.61 Å². The lowest BCUT2D eigenvalue weighted by molar-refractivity contribution is -0.118. The fourth-order valence-electron chi connectivity index (χ4n) is 2.24. The zero-order chi connectivity index (χ0) is 20.3. The van der Waals surface area contributed by atoms with Crippen molar-refractivity contribution in [2.45, 2.75) is 21.4 Å². The van der Waals surface area contributed by atoms with E-state index in [4.69, 9.17) is 4.74 Å². The van der Waals surface area contributed by atoms with Gasteiger partial charge in [0, 0.05) is 11.3 Å². The Labute approximate surface area is 182 Å². The molecule has 2 aromatic carbocycles. The van der Waals surface area contributed by atoms with E-state index in [-0.39, 0.29) is 11.7 Å². The van der Waals surface area contributed by atoms with Crippen molar-refractivity contribution in [1.29, 1.82) is 0 Å². The highest BCUT2D eigenvalue weighted by Gasteiger charge is 2.08. The van der Waals surface area contributed by atoms with E-state index in [1.54, 1.807) is 18.0 Å². The van der Waals surface area contributed by atoms with Crippen molar-refractivity contribution in [3.8, 4) is 5.75 Å². The molecule has 0 saturated heterocycles. The minimum Gasteiger partial charge on any atom is -0.493 e. The van der Waals surface area contributed by atoms with Crippen LogP contribution in [0.25, 0.3) is 0 Å². The summed E-state index contributed by atoms with van der Waals surface area (Å²) in [6, 6.07) is 17.7. The minimum absolute atomic E-state index is 0.200. The van der Waals surface area contributed by atoms with Gasteiger partial charge < -0.3 is 4.74 Å². The SMILES string of the molecule is CCOc1ccccc1/C=N\NC(=O)CSc1nnc(SCc2ccccc2)s1. The van der Waals surface area contributed by atoms with Crippen LogP contribution in [0.4, 0.5) is 0 Å². The molecule has 150 valence electrons. The summed E-state index contributed by atoms with van der Waals surface area (Å²) in [4.78, 5) is 12.0. The molecule has 29 heavy (non-hydrogen) atoms. The van der Waals surface area contributed by atoms with E-state index in [0.717, 1.165) is 25.7 Å². The van der Waals surface area contributed by atoms with Gasteiger partial charge in [-0.05, 0) is 24.6 Å². The van der Waals surface area contributed by atoms with Gasteiger partial charge >= 0.3 is 0 Å². The van der Waals surface area contributed by atoms with Crippen LogP contribution < -0.4 is 10.2 Å². The molecular weight excluding hydrogens is 424 g/mol. The summed E-state index contributed by atoms with van der Waals surface area (Å²) >= 11 is 4.48. The first-order chi connectivity index (χ1) is 14.2. The highest BCUT2D eigenvalue weighted by Crippen LogP contribution is 2.30. The van der Waals surface area contributed by atoms with E-state index in [9.17, 15) is 4.79 Å². The normalized spacial score (nSPS) is 10.9. The molecule has 3 rings (SSSR count). The van der Waals surface area contributed by atoms with Crippen LogP contribution in [0.2, 0.25) is 0 Å². The van der Waals surface area contributed by atoms with Crippen molar-refractivity contribution in [1.82, 2.24) is 15.6 Å². The summed E-state index contributed by atoms with van der Waals surface area (Å²) in [5.74, 6) is 1.60. The average Bonchev–Trinajstić information content (AvgIpc) is 3.21. The molecule has 0 fully saturated rings. The number of ether oxygens (including phenoxy) is 1. The predicted molar refractivity (Wildman–Crippen MR) is 120 cm³/mol. The highest BCUT2D eigenvalue weighted by atomic mass is 32.2. The van der Waals surface area contributed by atoms with Crippen molar-refractivity contribution in [2.24, 2.45) is 5.10 Å². The van der Waals surface area contributed by atoms with Crippen LogP contribution in [0.3, 0.4) is 0 Å². The molecule has 1 heterocycles. The van der Waals surface area contributed by atoms with Crippen molar-refractivity contribution in [3.63, 3.8) is 0 Å². The van der Waals surface area contributed by atoms with Crippen LogP contribution in [0.15, 0.2) is 68.4 Å². The quantitative estimate of drug-likeness (QED) is 0.282. The van der Waals surface area contributed by atoms with Gasteiger partial charge in [-0.3, -0.25) is 4.79 Å². The zero-order valence-corrected chi connectivity index (χ0v) is 18.2. The molecule has 9 heteroatoms. The second-order valence-electron chi connectivity index (χ2n) is 5.66. The topological polar surface area (TPSA) is 76.5 Å². The second-order valence-corrected chi connectivity index (χ2v) is 9.08. The summed E-state index contributed by atoms with van der Waals surface area (Å²) < 4.78 is 7.18. The number of nitrogens with one attached hydrogen (secondary N) is 1. The summed E-state index contributed by atoms with van der Waals surface area (Å²) in [6.07, 6.45) is 1.58. The smallest absolute Gasteiger partial charge is 0.250 e. The molecule has 1 amide bonds. The van der Waals surface area contributed by atoms with Crippen LogP contribution >= 0.6 is 34.9 Å². The second kappa shape index (κ2) is 11.6. The van der Waals surface area contributed by atoms with Crippen molar-refractivity contribution in [2.75, 3.05) is 12.4 Å². The van der Waals surface area contributed by atoms with Crippen LogP contribution in [-0.4, -0.2) is 34.7 Å². The van der Waals surface area contributed by atoms with Gasteiger partial charge in [0.25, 0.3) is 5.91 Å². The van der Waals surface area contributed by atoms with Crippen molar-refractivity contribution >= 4 is 47.0 Å². The van der Waals surface area contributed by atoms with Crippen molar-refractivity contribution < 1.29 is 9.53 Å². The lowest BCUT2D eigenvalue weighted by Gasteiger charge is -2.05. The number of thioether (sulfide) groups is 2. The molecule has 0 aliphatic heterocycles. The highest BCUT2D eigenvalue weighted by molar-refractivity contribution is 8.03. The number of amides is 1. The maximum atomic E-state index is 12.0. The fraction of sp³-hybridized carbons (Fsp3) is 0.200. The predicted octanol–water partition coefficient (Wildman–Crippen LogP) is 4.47. The number of rotatable bonds is 10. The standard InChI is InChI=1S/C20H20N4O2S3/c1-2-26-17-11-7-6-10-16(17)12-21-22-18(25)14-28-20-24-23-19(29-20)27-13-15-8-4-3-5-9-15/h3-12H,2,13-14H2,1H3,(H,22,25)/b21-12-. The van der Waals surface area contributed by atoms with Gasteiger partial charge in [0.2, 0.25) is 0 Å². The Hall–Kier alpha value is -2.36. The first-order valence-electron chi connectivity index (χ1n) is 8.91. The zero-order valence-electron chi connectivity index (χ0n) is 15.8. The number of hydrogen-bond acceptors (Lipinski definition) is 8. The Kier molecular flexibility index (Phi) is 8.54. The largest absolute Gasteiger partial charge is 0.493 e. The molecule has 0 spiro atoms. The molecule has 3 aromatic rings. The van der Waals surface area contributed by atoms with Gasteiger partial charge in [0.1, 0.15) is 5.75 Å². The average molecular weight is 445 g/mol. The Morgan fingerprint density at radius 3 is 2.62 bits per heavy atom. The van der Waals surface area contributed by atoms with Crippen LogP contribution in [0.5, 0.6) is 5.75 Å². The Morgan fingerprint density at radius 2 is 1.83 bits per heavy atom. The van der Waals surface area contributed by atoms with E-state index < -0.39 is 0 Å². The number of nitrogens with zero attached hydrogens (tertiary/aromatic N) is 3. The first-order valence-corrected chi connectivity index (χ1v) is 11.7. The number of aromatic nitrogens is 2. The molecule has 1 N–H and O–H groups in total. The molecule has 0 atom stereocenters. The van der Waals surface area contributed by atoms with Gasteiger partial charge in [0.15, 0.2) is 8.68 Å². The molecule has 0 bridgehead atoms. The van der Waals surface area contributed by atoms with Gasteiger partial charge in [-0.25, -0.2) is 5.43 Å². The molecular formula is C20H20N4O2S3. The number of hydrazone groups is 1. The molecule has 0 aliphatic carbocycles. The molecule has 0 saturated carbocycles. The Morgan fingerprint density at radius 1 is 1.10 bits per heavy atom. The van der Waals surface area contributed by atoms with E-state index >= 15 is 0 Å². The number of para-hydroxylation sites is 1. The van der Waals surface area contributed by atoms with Gasteiger partial charge in [-0.2, -0.15) is 5.10 Å². The first kappa shape index (κ1) is 21.4. The maximum absolute atomic E-state index is 12.0. The van der Waals surface area contributed by atoms with Crippen molar-refractivity contribution in [3.05, 3.63) is 65.7 Å². The van der Waals surface area contributed by atoms with E-state index in [2.05, 4.69) is 32.9 Å². The summed E-state index contributed by atoms with van der Waals surface area (Å²) in [5.41, 5.74) is 4.58. The van der Waals surface area contributed by atoms with Crippen LogP contribution in [0, 0.1) is 0 Å². The number of hydrogen-bond donors (Lipinski definition) is 1. The van der Waals surface area contributed by atoms with Gasteiger partial charge in [-0.15, -0.1) is 10.2 Å². The maximum Gasteiger partial charge on any atom is 0.250 e. The number of carbonyl (C=O) groups is 1. The van der Waals surface area contributed by atoms with E-state index in [1.165, 1.54) is 28.7 Å². The van der Waals surface area contributed by atoms with Crippen LogP contribution in [0.1, 0.15) is 18.1 Å². The Bertz CT molecular complexity index is 948. The fourth-order valence-corrected chi connectivity index (χ4v) is 5.01. The third-order valence-electron chi connectivity index (χ3n) is 3.53. The lowest BCUT2D eigenvalue weighted by Crippen LogP contribution is -2.19.